The normalized spacial score (nSPS) is 12.3. The van der Waals surface area contributed by atoms with Crippen molar-refractivity contribution >= 4 is 16.9 Å². The van der Waals surface area contributed by atoms with E-state index < -0.39 is 0 Å². The number of nitrogens with two attached hydrogens (primary N) is 1. The average molecular weight is 461 g/mol. The Morgan fingerprint density at radius 2 is 1.74 bits per heavy atom. The molecule has 0 radical (unpaired) electrons. The molecule has 2 aromatic carbocycles. The van der Waals surface area contributed by atoms with Crippen molar-refractivity contribution in [3.05, 3.63) is 92.4 Å². The summed E-state index contributed by atoms with van der Waals surface area (Å²) in [6, 6.07) is 17.7. The summed E-state index contributed by atoms with van der Waals surface area (Å²) < 4.78 is 4.92. The molecule has 0 aliphatic rings. The molecule has 2 heterocycles. The van der Waals surface area contributed by atoms with E-state index in [1.807, 2.05) is 80.1 Å². The molecule has 4 rings (SSSR count). The summed E-state index contributed by atoms with van der Waals surface area (Å²) in [6.45, 7) is 4.71. The number of nitrogen functional groups attached to an aromatic ring is 1. The molecule has 0 aliphatic heterocycles. The van der Waals surface area contributed by atoms with Crippen LogP contribution in [0.2, 0.25) is 0 Å². The Morgan fingerprint density at radius 1 is 1.00 bits per heavy atom. The highest BCUT2D eigenvalue weighted by molar-refractivity contribution is 5.71. The van der Waals surface area contributed by atoms with Crippen LogP contribution < -0.4 is 22.3 Å². The molecule has 4 aromatic rings. The van der Waals surface area contributed by atoms with Crippen molar-refractivity contribution in [2.24, 2.45) is 0 Å². The van der Waals surface area contributed by atoms with Crippen LogP contribution in [0.4, 0.5) is 5.69 Å². The van der Waals surface area contributed by atoms with E-state index in [9.17, 15) is 9.59 Å². The lowest BCUT2D eigenvalue weighted by atomic mass is 10.1. The molecule has 0 saturated carbocycles. The third kappa shape index (κ3) is 4.54. The lowest BCUT2D eigenvalue weighted by Gasteiger charge is -2.17. The minimum atomic E-state index is -0.323. The first-order chi connectivity index (χ1) is 16.4. The van der Waals surface area contributed by atoms with Crippen LogP contribution in [0.15, 0.2) is 64.2 Å². The first-order valence-electron chi connectivity index (χ1n) is 11.7. The van der Waals surface area contributed by atoms with Crippen LogP contribution in [0.1, 0.15) is 43.4 Å². The zero-order valence-corrected chi connectivity index (χ0v) is 20.0. The number of fused-ring (bicyclic) bond motifs is 1. The Morgan fingerprint density at radius 3 is 2.41 bits per heavy atom. The van der Waals surface area contributed by atoms with Gasteiger partial charge in [-0.2, -0.15) is 0 Å². The van der Waals surface area contributed by atoms with Crippen molar-refractivity contribution in [2.45, 2.75) is 52.4 Å². The SMILES string of the molecule is CCCn1c(=O)c2c(nc(Cc3ccccc3)n2C(C)NC)n(CCc2cccc(N)c2)c1=O. The predicted molar refractivity (Wildman–Crippen MR) is 136 cm³/mol. The minimum Gasteiger partial charge on any atom is -0.399 e. The monoisotopic (exact) mass is 460 g/mol. The van der Waals surface area contributed by atoms with Gasteiger partial charge in [0.2, 0.25) is 0 Å². The number of nitrogens with zero attached hydrogens (tertiary/aromatic N) is 4. The van der Waals surface area contributed by atoms with E-state index >= 15 is 0 Å². The van der Waals surface area contributed by atoms with Crippen LogP contribution in [0, 0.1) is 0 Å². The van der Waals surface area contributed by atoms with Gasteiger partial charge in [0.05, 0.1) is 6.17 Å². The van der Waals surface area contributed by atoms with Crippen LogP contribution in [0.3, 0.4) is 0 Å². The molecule has 0 fully saturated rings. The number of anilines is 1. The van der Waals surface area contributed by atoms with Crippen molar-refractivity contribution in [1.82, 2.24) is 24.0 Å². The van der Waals surface area contributed by atoms with Crippen LogP contribution in [-0.2, 0) is 25.9 Å². The summed E-state index contributed by atoms with van der Waals surface area (Å²) in [5.74, 6) is 0.742. The number of nitrogens with one attached hydrogen (secondary N) is 1. The second-order valence-corrected chi connectivity index (χ2v) is 8.58. The number of aryl methyl sites for hydroxylation is 2. The maximum Gasteiger partial charge on any atom is 0.332 e. The number of hydrogen-bond donors (Lipinski definition) is 2. The highest BCUT2D eigenvalue weighted by Gasteiger charge is 2.23. The van der Waals surface area contributed by atoms with Gasteiger partial charge < -0.3 is 15.6 Å². The maximum atomic E-state index is 13.6. The maximum absolute atomic E-state index is 13.6. The van der Waals surface area contributed by atoms with Gasteiger partial charge in [0.25, 0.3) is 5.56 Å². The van der Waals surface area contributed by atoms with Gasteiger partial charge in [-0.05, 0) is 50.1 Å². The highest BCUT2D eigenvalue weighted by atomic mass is 16.2. The zero-order chi connectivity index (χ0) is 24.2. The Bertz CT molecular complexity index is 1400. The molecule has 178 valence electrons. The molecule has 8 nitrogen and oxygen atoms in total. The summed E-state index contributed by atoms with van der Waals surface area (Å²) in [5, 5.41) is 3.24. The fraction of sp³-hybridized carbons (Fsp3) is 0.346. The first-order valence-corrected chi connectivity index (χ1v) is 11.7. The van der Waals surface area contributed by atoms with E-state index in [2.05, 4.69) is 5.32 Å². The standard InChI is InChI=1S/C26H32N6O2/c1-4-14-31-25(33)23-24(30(26(31)34)15-13-20-11-8-12-21(27)16-20)29-22(32(23)18(2)28-3)17-19-9-6-5-7-10-19/h5-12,16,18,28H,4,13-15,17,27H2,1-3H3. The summed E-state index contributed by atoms with van der Waals surface area (Å²) in [7, 11) is 1.85. The molecular weight excluding hydrogens is 428 g/mol. The Balaban J connectivity index is 1.92. The van der Waals surface area contributed by atoms with Crippen molar-refractivity contribution in [2.75, 3.05) is 12.8 Å². The second-order valence-electron chi connectivity index (χ2n) is 8.58. The first kappa shape index (κ1) is 23.5. The Kier molecular flexibility index (Phi) is 6.98. The largest absolute Gasteiger partial charge is 0.399 e. The van der Waals surface area contributed by atoms with Crippen molar-refractivity contribution in [3.8, 4) is 0 Å². The number of imidazole rings is 1. The Labute approximate surface area is 198 Å². The third-order valence-electron chi connectivity index (χ3n) is 6.16. The number of hydrogen-bond acceptors (Lipinski definition) is 5. The Hall–Kier alpha value is -3.65. The number of benzene rings is 2. The molecule has 0 bridgehead atoms. The van der Waals surface area contributed by atoms with Crippen LogP contribution in [-0.4, -0.2) is 25.7 Å². The molecule has 8 heteroatoms. The lowest BCUT2D eigenvalue weighted by molar-refractivity contribution is 0.471. The van der Waals surface area contributed by atoms with Crippen molar-refractivity contribution in [3.63, 3.8) is 0 Å². The van der Waals surface area contributed by atoms with E-state index in [0.29, 0.717) is 49.2 Å². The van der Waals surface area contributed by atoms with Gasteiger partial charge >= 0.3 is 5.69 Å². The van der Waals surface area contributed by atoms with Gasteiger partial charge in [-0.3, -0.25) is 13.9 Å². The van der Waals surface area contributed by atoms with Gasteiger partial charge in [0.15, 0.2) is 11.2 Å². The third-order valence-corrected chi connectivity index (χ3v) is 6.16. The molecule has 3 N–H and O–H groups in total. The molecule has 2 aromatic heterocycles. The average Bonchev–Trinajstić information content (AvgIpc) is 3.20. The van der Waals surface area contributed by atoms with E-state index in [-0.39, 0.29) is 17.4 Å². The molecule has 1 unspecified atom stereocenters. The van der Waals surface area contributed by atoms with Gasteiger partial charge in [0, 0.05) is 25.2 Å². The number of aromatic nitrogens is 4. The topological polar surface area (TPSA) is 99.9 Å². The highest BCUT2D eigenvalue weighted by Crippen LogP contribution is 2.20. The molecule has 0 aliphatic carbocycles. The molecule has 0 amide bonds. The summed E-state index contributed by atoms with van der Waals surface area (Å²) >= 11 is 0. The fourth-order valence-electron chi connectivity index (χ4n) is 4.37. The smallest absolute Gasteiger partial charge is 0.332 e. The summed E-state index contributed by atoms with van der Waals surface area (Å²) in [5.41, 5.74) is 9.00. The van der Waals surface area contributed by atoms with Gasteiger partial charge in [-0.25, -0.2) is 9.78 Å². The van der Waals surface area contributed by atoms with Crippen LogP contribution >= 0.6 is 0 Å². The quantitative estimate of drug-likeness (QED) is 0.374. The van der Waals surface area contributed by atoms with Gasteiger partial charge in [-0.15, -0.1) is 0 Å². The molecule has 0 saturated heterocycles. The molecule has 34 heavy (non-hydrogen) atoms. The lowest BCUT2D eigenvalue weighted by Crippen LogP contribution is -2.41. The summed E-state index contributed by atoms with van der Waals surface area (Å²) in [4.78, 5) is 31.9. The fourth-order valence-corrected chi connectivity index (χ4v) is 4.37. The minimum absolute atomic E-state index is 0.175. The molecule has 1 atom stereocenters. The van der Waals surface area contributed by atoms with E-state index in [4.69, 9.17) is 10.7 Å². The van der Waals surface area contributed by atoms with Gasteiger partial charge in [-0.1, -0.05) is 49.4 Å². The van der Waals surface area contributed by atoms with Crippen molar-refractivity contribution in [1.29, 1.82) is 0 Å². The van der Waals surface area contributed by atoms with E-state index in [0.717, 1.165) is 17.0 Å². The van der Waals surface area contributed by atoms with Crippen LogP contribution in [0.25, 0.3) is 11.2 Å². The zero-order valence-electron chi connectivity index (χ0n) is 20.0. The summed E-state index contributed by atoms with van der Waals surface area (Å²) in [6.07, 6.45) is 1.67. The van der Waals surface area contributed by atoms with E-state index in [1.165, 1.54) is 4.57 Å². The molecular formula is C26H32N6O2. The van der Waals surface area contributed by atoms with Gasteiger partial charge in [0.1, 0.15) is 5.82 Å². The van der Waals surface area contributed by atoms with Crippen molar-refractivity contribution < 1.29 is 0 Å². The van der Waals surface area contributed by atoms with Crippen LogP contribution in [0.5, 0.6) is 0 Å². The van der Waals surface area contributed by atoms with E-state index in [1.54, 1.807) is 4.57 Å². The second kappa shape index (κ2) is 10.1. The predicted octanol–water partition coefficient (Wildman–Crippen LogP) is 2.92. The molecule has 0 spiro atoms. The number of rotatable bonds is 9.